The summed E-state index contributed by atoms with van der Waals surface area (Å²) < 4.78 is 5.23. The lowest BCUT2D eigenvalue weighted by molar-refractivity contribution is -0.142. The summed E-state index contributed by atoms with van der Waals surface area (Å²) >= 11 is 6.30. The number of anilines is 2. The van der Waals surface area contributed by atoms with E-state index in [0.717, 1.165) is 5.56 Å². The number of methoxy groups -OCH3 is 1. The number of rotatable bonds is 5. The number of nitriles is 1. The first kappa shape index (κ1) is 21.7. The van der Waals surface area contributed by atoms with Crippen molar-refractivity contribution in [3.8, 4) is 11.8 Å². The summed E-state index contributed by atoms with van der Waals surface area (Å²) in [5, 5.41) is 19.8. The van der Waals surface area contributed by atoms with Gasteiger partial charge in [-0.05, 0) is 42.7 Å². The van der Waals surface area contributed by atoms with Crippen LogP contribution in [0.5, 0.6) is 5.75 Å². The molecule has 0 radical (unpaired) electrons. The normalized spacial score (nSPS) is 14.3. The van der Waals surface area contributed by atoms with Gasteiger partial charge in [0.05, 0.1) is 40.5 Å². The minimum atomic E-state index is -0.766. The fraction of sp³-hybridized carbons (Fsp3) is 0.304. The first-order valence-electron chi connectivity index (χ1n) is 10.2. The molecular formula is C23H22ClN5O3. The Bertz CT molecular complexity index is 1230. The van der Waals surface area contributed by atoms with Crippen LogP contribution in [0.25, 0.3) is 10.9 Å². The quantitative estimate of drug-likeness (QED) is 0.563. The number of ether oxygens (including phenoxy) is 1. The predicted molar refractivity (Wildman–Crippen MR) is 122 cm³/mol. The van der Waals surface area contributed by atoms with E-state index in [9.17, 15) is 15.2 Å². The lowest BCUT2D eigenvalue weighted by atomic mass is 9.97. The maximum atomic E-state index is 11.3. The van der Waals surface area contributed by atoms with E-state index in [4.69, 9.17) is 27.1 Å². The van der Waals surface area contributed by atoms with Crippen LogP contribution in [0, 0.1) is 17.2 Å². The highest BCUT2D eigenvalue weighted by atomic mass is 35.5. The molecule has 0 saturated carbocycles. The van der Waals surface area contributed by atoms with Gasteiger partial charge in [-0.25, -0.2) is 9.97 Å². The molecule has 1 aromatic heterocycles. The number of carboxylic acid groups (broad SMARTS) is 1. The van der Waals surface area contributed by atoms with Crippen LogP contribution in [-0.2, 0) is 11.2 Å². The number of carboxylic acids is 1. The molecule has 1 aliphatic heterocycles. The summed E-state index contributed by atoms with van der Waals surface area (Å²) in [7, 11) is 1.56. The van der Waals surface area contributed by atoms with E-state index in [-0.39, 0.29) is 5.92 Å². The number of fused-ring (bicyclic) bond motifs is 1. The Morgan fingerprint density at radius 1 is 1.31 bits per heavy atom. The first-order chi connectivity index (χ1) is 15.4. The molecule has 0 atom stereocenters. The van der Waals surface area contributed by atoms with Gasteiger partial charge >= 0.3 is 5.97 Å². The summed E-state index contributed by atoms with van der Waals surface area (Å²) in [5.41, 5.74) is 9.25. The monoisotopic (exact) mass is 451 g/mol. The Hall–Kier alpha value is -3.57. The molecule has 3 N–H and O–H groups in total. The molecule has 2 heterocycles. The number of piperidine rings is 1. The first-order valence-corrected chi connectivity index (χ1v) is 10.6. The Labute approximate surface area is 190 Å². The van der Waals surface area contributed by atoms with Crippen LogP contribution in [0.15, 0.2) is 30.3 Å². The van der Waals surface area contributed by atoms with Gasteiger partial charge in [-0.15, -0.1) is 0 Å². The van der Waals surface area contributed by atoms with Crippen molar-refractivity contribution >= 4 is 40.1 Å². The summed E-state index contributed by atoms with van der Waals surface area (Å²) in [6, 6.07) is 11.0. The summed E-state index contributed by atoms with van der Waals surface area (Å²) in [6.07, 6.45) is 1.51. The maximum absolute atomic E-state index is 11.3. The van der Waals surface area contributed by atoms with E-state index in [1.165, 1.54) is 0 Å². The van der Waals surface area contributed by atoms with Crippen molar-refractivity contribution in [2.24, 2.45) is 5.92 Å². The number of hydrogen-bond donors (Lipinski definition) is 2. The fourth-order valence-electron chi connectivity index (χ4n) is 4.02. The molecule has 0 spiro atoms. The number of carbonyl (C=O) groups is 1. The topological polar surface area (TPSA) is 125 Å². The second-order valence-corrected chi connectivity index (χ2v) is 8.16. The van der Waals surface area contributed by atoms with Crippen molar-refractivity contribution in [2.45, 2.75) is 19.3 Å². The highest BCUT2D eigenvalue weighted by molar-refractivity contribution is 6.32. The van der Waals surface area contributed by atoms with Gasteiger partial charge in [-0.1, -0.05) is 17.7 Å². The molecule has 1 aliphatic rings. The molecule has 1 saturated heterocycles. The minimum absolute atomic E-state index is 0.343. The molecule has 0 bridgehead atoms. The lowest BCUT2D eigenvalue weighted by Gasteiger charge is -2.30. The summed E-state index contributed by atoms with van der Waals surface area (Å²) in [5.74, 6) is -0.00398. The highest BCUT2D eigenvalue weighted by Gasteiger charge is 2.26. The van der Waals surface area contributed by atoms with Crippen LogP contribution in [0.1, 0.15) is 29.7 Å². The van der Waals surface area contributed by atoms with Crippen molar-refractivity contribution in [1.29, 1.82) is 5.26 Å². The van der Waals surface area contributed by atoms with Gasteiger partial charge in [-0.2, -0.15) is 5.26 Å². The molecule has 0 amide bonds. The standard InChI is InChI=1S/C23H22ClN5O3/c1-32-19-5-2-13(10-16(19)24)11-18-20-17(4-3-15(12-25)21(20)26)27-23(28-18)29-8-6-14(7-9-29)22(30)31/h2-5,10,14H,6-9,11,26H2,1H3,(H,30,31). The number of nitrogen functional groups attached to an aromatic ring is 1. The third kappa shape index (κ3) is 4.12. The number of aliphatic carboxylic acids is 1. The number of nitrogens with two attached hydrogens (primary N) is 1. The second kappa shape index (κ2) is 8.89. The molecule has 4 rings (SSSR count). The molecule has 0 aliphatic carbocycles. The zero-order valence-corrected chi connectivity index (χ0v) is 18.3. The Kier molecular flexibility index (Phi) is 6.01. The van der Waals surface area contributed by atoms with E-state index in [2.05, 4.69) is 11.1 Å². The van der Waals surface area contributed by atoms with Gasteiger partial charge in [0.2, 0.25) is 5.95 Å². The van der Waals surface area contributed by atoms with Crippen molar-refractivity contribution in [3.05, 3.63) is 52.2 Å². The van der Waals surface area contributed by atoms with Crippen LogP contribution in [0.3, 0.4) is 0 Å². The highest BCUT2D eigenvalue weighted by Crippen LogP contribution is 2.32. The molecule has 9 heteroatoms. The molecular weight excluding hydrogens is 430 g/mol. The molecule has 32 heavy (non-hydrogen) atoms. The smallest absolute Gasteiger partial charge is 0.306 e. The molecule has 8 nitrogen and oxygen atoms in total. The number of halogens is 1. The van der Waals surface area contributed by atoms with E-state index in [1.807, 2.05) is 17.0 Å². The average Bonchev–Trinajstić information content (AvgIpc) is 2.79. The van der Waals surface area contributed by atoms with Crippen molar-refractivity contribution < 1.29 is 14.6 Å². The molecule has 0 unspecified atom stereocenters. The van der Waals surface area contributed by atoms with Crippen molar-refractivity contribution in [2.75, 3.05) is 30.8 Å². The van der Waals surface area contributed by atoms with Gasteiger partial charge in [-0.3, -0.25) is 4.79 Å². The van der Waals surface area contributed by atoms with Gasteiger partial charge in [0.15, 0.2) is 0 Å². The van der Waals surface area contributed by atoms with E-state index in [1.54, 1.807) is 25.3 Å². The molecule has 1 fully saturated rings. The predicted octanol–water partition coefficient (Wildman–Crippen LogP) is 3.64. The van der Waals surface area contributed by atoms with E-state index >= 15 is 0 Å². The second-order valence-electron chi connectivity index (χ2n) is 7.75. The third-order valence-corrected chi connectivity index (χ3v) is 6.10. The Balaban J connectivity index is 1.77. The van der Waals surface area contributed by atoms with Gasteiger partial charge in [0.25, 0.3) is 0 Å². The van der Waals surface area contributed by atoms with Crippen LogP contribution in [-0.4, -0.2) is 41.2 Å². The van der Waals surface area contributed by atoms with E-state index in [0.29, 0.717) is 76.9 Å². The van der Waals surface area contributed by atoms with Gasteiger partial charge in [0.1, 0.15) is 11.8 Å². The van der Waals surface area contributed by atoms with Crippen molar-refractivity contribution in [1.82, 2.24) is 9.97 Å². The van der Waals surface area contributed by atoms with Crippen LogP contribution in [0.2, 0.25) is 5.02 Å². The summed E-state index contributed by atoms with van der Waals surface area (Å²) in [6.45, 7) is 1.12. The summed E-state index contributed by atoms with van der Waals surface area (Å²) in [4.78, 5) is 22.8. The SMILES string of the molecule is COc1ccc(Cc2nc(N3CCC(C(=O)O)CC3)nc3ccc(C#N)c(N)c23)cc1Cl. The van der Waals surface area contributed by atoms with Gasteiger partial charge in [0, 0.05) is 24.9 Å². The largest absolute Gasteiger partial charge is 0.495 e. The average molecular weight is 452 g/mol. The minimum Gasteiger partial charge on any atom is -0.495 e. The fourth-order valence-corrected chi connectivity index (χ4v) is 4.30. The zero-order chi connectivity index (χ0) is 22.8. The zero-order valence-electron chi connectivity index (χ0n) is 17.5. The Morgan fingerprint density at radius 2 is 2.06 bits per heavy atom. The number of hydrogen-bond acceptors (Lipinski definition) is 7. The molecule has 3 aromatic rings. The third-order valence-electron chi connectivity index (χ3n) is 5.80. The Morgan fingerprint density at radius 3 is 2.69 bits per heavy atom. The molecule has 2 aromatic carbocycles. The maximum Gasteiger partial charge on any atom is 0.306 e. The number of benzene rings is 2. The number of nitrogens with zero attached hydrogens (tertiary/aromatic N) is 4. The number of aromatic nitrogens is 2. The van der Waals surface area contributed by atoms with Crippen LogP contribution in [0.4, 0.5) is 11.6 Å². The van der Waals surface area contributed by atoms with Gasteiger partial charge < -0.3 is 20.5 Å². The van der Waals surface area contributed by atoms with Crippen LogP contribution < -0.4 is 15.4 Å². The lowest BCUT2D eigenvalue weighted by Crippen LogP contribution is -2.37. The molecule has 164 valence electrons. The van der Waals surface area contributed by atoms with Crippen LogP contribution >= 0.6 is 11.6 Å². The van der Waals surface area contributed by atoms with E-state index < -0.39 is 5.97 Å². The van der Waals surface area contributed by atoms with Crippen molar-refractivity contribution in [3.63, 3.8) is 0 Å².